The van der Waals surface area contributed by atoms with Gasteiger partial charge in [-0.25, -0.2) is 0 Å². The molecule has 5 heteroatoms. The van der Waals surface area contributed by atoms with Crippen LogP contribution in [0, 0.1) is 6.92 Å². The van der Waals surface area contributed by atoms with Crippen molar-refractivity contribution in [2.45, 2.75) is 6.92 Å². The van der Waals surface area contributed by atoms with Crippen molar-refractivity contribution in [3.63, 3.8) is 0 Å². The quantitative estimate of drug-likeness (QED) is 0.490. The molecule has 0 aliphatic rings. The number of anilines is 1. The Balaban J connectivity index is 1.66. The number of carbonyl (C=O) groups is 1. The van der Waals surface area contributed by atoms with Crippen molar-refractivity contribution in [1.82, 2.24) is 0 Å². The number of hydrogen-bond donors (Lipinski definition) is 1. The van der Waals surface area contributed by atoms with Gasteiger partial charge in [-0.3, -0.25) is 9.59 Å². The van der Waals surface area contributed by atoms with Crippen LogP contribution < -0.4 is 10.7 Å². The van der Waals surface area contributed by atoms with Gasteiger partial charge in [0.05, 0.1) is 5.39 Å². The molecule has 0 saturated heterocycles. The number of nitrogens with one attached hydrogen (secondary N) is 1. The van der Waals surface area contributed by atoms with Crippen LogP contribution >= 0.6 is 11.6 Å². The summed E-state index contributed by atoms with van der Waals surface area (Å²) >= 11 is 5.91. The van der Waals surface area contributed by atoms with Gasteiger partial charge in [0.15, 0.2) is 5.43 Å². The topological polar surface area (TPSA) is 59.3 Å². The van der Waals surface area contributed by atoms with E-state index in [1.165, 1.54) is 6.07 Å². The van der Waals surface area contributed by atoms with Crippen molar-refractivity contribution < 1.29 is 9.21 Å². The normalized spacial score (nSPS) is 10.8. The Morgan fingerprint density at radius 2 is 1.64 bits per heavy atom. The second-order valence-corrected chi connectivity index (χ2v) is 6.95. The smallest absolute Gasteiger partial charge is 0.255 e. The summed E-state index contributed by atoms with van der Waals surface area (Å²) in [4.78, 5) is 25.0. The average molecular weight is 390 g/mol. The van der Waals surface area contributed by atoms with Crippen LogP contribution in [0.3, 0.4) is 0 Å². The molecule has 1 amide bonds. The Morgan fingerprint density at radius 1 is 0.929 bits per heavy atom. The highest BCUT2D eigenvalue weighted by Gasteiger charge is 2.10. The van der Waals surface area contributed by atoms with Crippen molar-refractivity contribution in [2.24, 2.45) is 0 Å². The number of amides is 1. The molecule has 0 bridgehead atoms. The first-order valence-electron chi connectivity index (χ1n) is 8.71. The van der Waals surface area contributed by atoms with Crippen LogP contribution in [0.2, 0.25) is 5.02 Å². The molecule has 0 saturated carbocycles. The minimum absolute atomic E-state index is 0.183. The molecule has 3 aromatic carbocycles. The maximum Gasteiger partial charge on any atom is 0.255 e. The lowest BCUT2D eigenvalue weighted by Crippen LogP contribution is -2.12. The number of rotatable bonds is 3. The average Bonchev–Trinajstić information content (AvgIpc) is 2.69. The highest BCUT2D eigenvalue weighted by molar-refractivity contribution is 6.30. The lowest BCUT2D eigenvalue weighted by atomic mass is 10.1. The molecule has 0 aliphatic carbocycles. The molecule has 1 aromatic heterocycles. The predicted octanol–water partition coefficient (Wildman–Crippen LogP) is 5.67. The lowest BCUT2D eigenvalue weighted by Gasteiger charge is -2.08. The van der Waals surface area contributed by atoms with Gasteiger partial charge in [-0.1, -0.05) is 29.3 Å². The lowest BCUT2D eigenvalue weighted by molar-refractivity contribution is 0.102. The fourth-order valence-corrected chi connectivity index (χ4v) is 3.02. The molecule has 1 heterocycles. The summed E-state index contributed by atoms with van der Waals surface area (Å²) in [7, 11) is 0. The zero-order chi connectivity index (χ0) is 19.7. The summed E-state index contributed by atoms with van der Waals surface area (Å²) in [5.41, 5.74) is 3.19. The fraction of sp³-hybridized carbons (Fsp3) is 0.0435. The fourth-order valence-electron chi connectivity index (χ4n) is 2.90. The Labute approximate surface area is 166 Å². The van der Waals surface area contributed by atoms with Gasteiger partial charge >= 0.3 is 0 Å². The zero-order valence-corrected chi connectivity index (χ0v) is 15.8. The Hall–Kier alpha value is -3.37. The molecular weight excluding hydrogens is 374 g/mol. The molecule has 0 spiro atoms. The maximum absolute atomic E-state index is 12.6. The van der Waals surface area contributed by atoms with Crippen LogP contribution in [0.25, 0.3) is 22.3 Å². The number of halogens is 1. The Kier molecular flexibility index (Phi) is 4.72. The van der Waals surface area contributed by atoms with E-state index in [-0.39, 0.29) is 11.3 Å². The van der Waals surface area contributed by atoms with Crippen LogP contribution in [0.5, 0.6) is 0 Å². The molecule has 28 heavy (non-hydrogen) atoms. The first kappa shape index (κ1) is 18.0. The van der Waals surface area contributed by atoms with E-state index < -0.39 is 0 Å². The van der Waals surface area contributed by atoms with Gasteiger partial charge in [-0.15, -0.1) is 0 Å². The van der Waals surface area contributed by atoms with Gasteiger partial charge < -0.3 is 9.73 Å². The minimum atomic E-state index is -0.235. The predicted molar refractivity (Wildman–Crippen MR) is 112 cm³/mol. The number of hydrogen-bond acceptors (Lipinski definition) is 3. The molecule has 4 aromatic rings. The van der Waals surface area contributed by atoms with Crippen LogP contribution in [0.15, 0.2) is 82.0 Å². The number of aryl methyl sites for hydroxylation is 1. The van der Waals surface area contributed by atoms with E-state index in [1.807, 2.05) is 19.1 Å². The molecule has 138 valence electrons. The van der Waals surface area contributed by atoms with Gasteiger partial charge in [-0.2, -0.15) is 0 Å². The minimum Gasteiger partial charge on any atom is -0.456 e. The van der Waals surface area contributed by atoms with Gasteiger partial charge in [0.25, 0.3) is 5.91 Å². The Morgan fingerprint density at radius 3 is 2.36 bits per heavy atom. The molecule has 4 rings (SSSR count). The van der Waals surface area contributed by atoms with Crippen molar-refractivity contribution >= 4 is 34.2 Å². The zero-order valence-electron chi connectivity index (χ0n) is 15.0. The highest BCUT2D eigenvalue weighted by Crippen LogP contribution is 2.25. The van der Waals surface area contributed by atoms with Gasteiger partial charge in [0, 0.05) is 27.9 Å². The molecule has 0 atom stereocenters. The summed E-state index contributed by atoms with van der Waals surface area (Å²) in [6.45, 7) is 1.96. The van der Waals surface area contributed by atoms with Crippen molar-refractivity contribution in [2.75, 3.05) is 5.32 Å². The standard InChI is InChI=1S/C23H16ClNO3/c1-14-2-4-16(5-3-14)23(27)25-18-10-11-21-19(12-18)20(26)13-22(28-21)15-6-8-17(24)9-7-15/h2-13H,1H3,(H,25,27). The third-order valence-corrected chi connectivity index (χ3v) is 4.68. The molecular formula is C23H16ClNO3. The van der Waals surface area contributed by atoms with Crippen LogP contribution in [0.4, 0.5) is 5.69 Å². The summed E-state index contributed by atoms with van der Waals surface area (Å²) in [5, 5.41) is 3.83. The monoisotopic (exact) mass is 389 g/mol. The third kappa shape index (κ3) is 3.68. The second kappa shape index (κ2) is 7.33. The van der Waals surface area contributed by atoms with Crippen LogP contribution in [0.1, 0.15) is 15.9 Å². The van der Waals surface area contributed by atoms with E-state index in [0.29, 0.717) is 33.0 Å². The summed E-state index contributed by atoms with van der Waals surface area (Å²) in [6.07, 6.45) is 0. The van der Waals surface area contributed by atoms with E-state index in [2.05, 4.69) is 5.32 Å². The Bertz CT molecular complexity index is 1230. The number of fused-ring (bicyclic) bond motifs is 1. The summed E-state index contributed by atoms with van der Waals surface area (Å²) < 4.78 is 5.87. The number of carbonyl (C=O) groups excluding carboxylic acids is 1. The third-order valence-electron chi connectivity index (χ3n) is 4.43. The molecule has 0 aliphatic heterocycles. The first-order valence-corrected chi connectivity index (χ1v) is 9.09. The molecule has 4 nitrogen and oxygen atoms in total. The molecule has 0 fully saturated rings. The van der Waals surface area contributed by atoms with E-state index in [1.54, 1.807) is 54.6 Å². The van der Waals surface area contributed by atoms with E-state index in [9.17, 15) is 9.59 Å². The van der Waals surface area contributed by atoms with E-state index >= 15 is 0 Å². The van der Waals surface area contributed by atoms with E-state index in [4.69, 9.17) is 16.0 Å². The maximum atomic E-state index is 12.6. The van der Waals surface area contributed by atoms with Crippen LogP contribution in [-0.2, 0) is 0 Å². The van der Waals surface area contributed by atoms with Crippen molar-refractivity contribution in [3.8, 4) is 11.3 Å². The van der Waals surface area contributed by atoms with Gasteiger partial charge in [0.1, 0.15) is 11.3 Å². The van der Waals surface area contributed by atoms with E-state index in [0.717, 1.165) is 11.1 Å². The summed E-state index contributed by atoms with van der Waals surface area (Å²) in [5.74, 6) is 0.229. The molecule has 0 radical (unpaired) electrons. The first-order chi connectivity index (χ1) is 13.5. The second-order valence-electron chi connectivity index (χ2n) is 6.51. The summed E-state index contributed by atoms with van der Waals surface area (Å²) in [6, 6.07) is 20.8. The van der Waals surface area contributed by atoms with Gasteiger partial charge in [-0.05, 0) is 61.5 Å². The van der Waals surface area contributed by atoms with Crippen molar-refractivity contribution in [3.05, 3.63) is 99.2 Å². The van der Waals surface area contributed by atoms with Crippen molar-refractivity contribution in [1.29, 1.82) is 0 Å². The SMILES string of the molecule is Cc1ccc(C(=O)Nc2ccc3oc(-c4ccc(Cl)cc4)cc(=O)c3c2)cc1. The molecule has 0 unspecified atom stereocenters. The van der Waals surface area contributed by atoms with Gasteiger partial charge in [0.2, 0.25) is 0 Å². The highest BCUT2D eigenvalue weighted by atomic mass is 35.5. The number of benzene rings is 3. The largest absolute Gasteiger partial charge is 0.456 e. The molecule has 1 N–H and O–H groups in total. The van der Waals surface area contributed by atoms with Crippen LogP contribution in [-0.4, -0.2) is 5.91 Å².